The number of fused-ring (bicyclic) bond motifs is 1. The molecule has 1 aromatic heterocycles. The molecule has 2 aromatic rings. The number of nitrogens with zero attached hydrogens (tertiary/aromatic N) is 1. The summed E-state index contributed by atoms with van der Waals surface area (Å²) in [6.45, 7) is 6.43. The Bertz CT molecular complexity index is 374. The summed E-state index contributed by atoms with van der Waals surface area (Å²) in [7, 11) is 0. The zero-order valence-electron chi connectivity index (χ0n) is 9.17. The molecule has 0 radical (unpaired) electrons. The van der Waals surface area contributed by atoms with Crippen molar-refractivity contribution in [3.05, 3.63) is 30.0 Å². The number of H-pyrrole nitrogens is 1. The van der Waals surface area contributed by atoms with Crippen molar-refractivity contribution in [1.82, 2.24) is 10.2 Å². The van der Waals surface area contributed by atoms with Crippen molar-refractivity contribution >= 4 is 10.9 Å². The minimum atomic E-state index is 1.11. The average Bonchev–Trinajstić information content (AvgIpc) is 2.65. The van der Waals surface area contributed by atoms with Gasteiger partial charge in [0.2, 0.25) is 0 Å². The molecule has 0 aliphatic heterocycles. The van der Waals surface area contributed by atoms with Crippen LogP contribution in [0.5, 0.6) is 0 Å². The van der Waals surface area contributed by atoms with Crippen LogP contribution in [0.1, 0.15) is 32.3 Å². The van der Waals surface area contributed by atoms with Gasteiger partial charge >= 0.3 is 0 Å². The summed E-state index contributed by atoms with van der Waals surface area (Å²) in [4.78, 5) is 0. The first kappa shape index (κ1) is 10.8. The van der Waals surface area contributed by atoms with E-state index in [9.17, 15) is 0 Å². The number of hydrogen-bond donors (Lipinski definition) is 1. The lowest BCUT2D eigenvalue weighted by atomic mass is 10.2. The smallest absolute Gasteiger partial charge is 0.0652 e. The zero-order valence-corrected chi connectivity index (χ0v) is 9.17. The summed E-state index contributed by atoms with van der Waals surface area (Å²) in [5.74, 6) is 0. The Morgan fingerprint density at radius 2 is 1.93 bits per heavy atom. The molecule has 0 bridgehead atoms. The Balaban J connectivity index is 0.000000213. The topological polar surface area (TPSA) is 28.7 Å². The summed E-state index contributed by atoms with van der Waals surface area (Å²) in [5, 5.41) is 8.00. The van der Waals surface area contributed by atoms with Crippen LogP contribution in [-0.4, -0.2) is 10.2 Å². The maximum Gasteiger partial charge on any atom is 0.0652 e. The molecule has 0 atom stereocenters. The number of hydrogen-bond acceptors (Lipinski definition) is 1. The van der Waals surface area contributed by atoms with Gasteiger partial charge in [-0.2, -0.15) is 5.10 Å². The van der Waals surface area contributed by atoms with E-state index in [-0.39, 0.29) is 0 Å². The molecule has 1 N–H and O–H groups in total. The Labute approximate surface area is 85.3 Å². The van der Waals surface area contributed by atoms with E-state index >= 15 is 0 Å². The molecule has 0 aliphatic rings. The Hall–Kier alpha value is -1.31. The maximum atomic E-state index is 3.92. The third-order valence-corrected chi connectivity index (χ3v) is 2.10. The van der Waals surface area contributed by atoms with Crippen molar-refractivity contribution in [2.45, 2.75) is 33.6 Å². The lowest BCUT2D eigenvalue weighted by Crippen LogP contribution is -1.70. The summed E-state index contributed by atoms with van der Waals surface area (Å²) in [6.07, 6.45) is 4.47. The van der Waals surface area contributed by atoms with Gasteiger partial charge in [0.15, 0.2) is 0 Å². The van der Waals surface area contributed by atoms with Crippen molar-refractivity contribution in [2.24, 2.45) is 0 Å². The molecule has 0 saturated heterocycles. The van der Waals surface area contributed by atoms with Gasteiger partial charge in [0, 0.05) is 5.39 Å². The second-order valence-electron chi connectivity index (χ2n) is 3.46. The van der Waals surface area contributed by atoms with E-state index < -0.39 is 0 Å². The van der Waals surface area contributed by atoms with Crippen LogP contribution in [0.4, 0.5) is 0 Å². The third-order valence-electron chi connectivity index (χ3n) is 2.10. The molecule has 0 unspecified atom stereocenters. The zero-order chi connectivity index (χ0) is 10.4. The predicted octanol–water partition coefficient (Wildman–Crippen LogP) is 3.68. The van der Waals surface area contributed by atoms with E-state index in [1.54, 1.807) is 0 Å². The van der Waals surface area contributed by atoms with Gasteiger partial charge in [-0.3, -0.25) is 5.10 Å². The van der Waals surface area contributed by atoms with E-state index in [0.29, 0.717) is 0 Å². The molecule has 1 aromatic carbocycles. The number of aromatic amines is 1. The van der Waals surface area contributed by atoms with Crippen LogP contribution in [0.3, 0.4) is 0 Å². The first-order chi connectivity index (χ1) is 6.77. The summed E-state index contributed by atoms with van der Waals surface area (Å²) >= 11 is 0. The van der Waals surface area contributed by atoms with E-state index in [1.807, 2.05) is 6.20 Å². The quantitative estimate of drug-likeness (QED) is 0.730. The predicted molar refractivity (Wildman–Crippen MR) is 61.4 cm³/mol. The lowest BCUT2D eigenvalue weighted by molar-refractivity contribution is 0.886. The summed E-state index contributed by atoms with van der Waals surface area (Å²) < 4.78 is 0. The van der Waals surface area contributed by atoms with Crippen molar-refractivity contribution < 1.29 is 0 Å². The highest BCUT2D eigenvalue weighted by Crippen LogP contribution is 2.10. The van der Waals surface area contributed by atoms with Gasteiger partial charge in [0.1, 0.15) is 0 Å². The summed E-state index contributed by atoms with van der Waals surface area (Å²) in [5.41, 5.74) is 2.37. The molecule has 76 valence electrons. The van der Waals surface area contributed by atoms with Crippen LogP contribution in [-0.2, 0) is 0 Å². The van der Waals surface area contributed by atoms with E-state index in [0.717, 1.165) is 5.52 Å². The molecule has 0 spiro atoms. The van der Waals surface area contributed by atoms with E-state index in [1.165, 1.54) is 23.8 Å². The van der Waals surface area contributed by atoms with Gasteiger partial charge in [0.25, 0.3) is 0 Å². The van der Waals surface area contributed by atoms with Crippen molar-refractivity contribution in [1.29, 1.82) is 0 Å². The monoisotopic (exact) mass is 190 g/mol. The van der Waals surface area contributed by atoms with Crippen LogP contribution in [0.25, 0.3) is 10.9 Å². The van der Waals surface area contributed by atoms with Crippen LogP contribution in [0, 0.1) is 6.92 Å². The molecule has 0 saturated carbocycles. The SMILES string of the molecule is CCCC.Cc1ccc2cn[nH]c2c1. The number of aryl methyl sites for hydroxylation is 1. The standard InChI is InChI=1S/C8H8N2.C4H10/c1-6-2-3-7-5-9-10-8(7)4-6;1-3-4-2/h2-5H,1H3,(H,9,10);3-4H2,1-2H3. The van der Waals surface area contributed by atoms with Gasteiger partial charge in [-0.15, -0.1) is 0 Å². The molecule has 2 heteroatoms. The second-order valence-corrected chi connectivity index (χ2v) is 3.46. The fraction of sp³-hybridized carbons (Fsp3) is 0.417. The minimum absolute atomic E-state index is 1.11. The highest BCUT2D eigenvalue weighted by atomic mass is 15.1. The van der Waals surface area contributed by atoms with Gasteiger partial charge in [-0.05, 0) is 18.6 Å². The fourth-order valence-electron chi connectivity index (χ4n) is 1.05. The third kappa shape index (κ3) is 2.87. The lowest BCUT2D eigenvalue weighted by Gasteiger charge is -1.89. The fourth-order valence-corrected chi connectivity index (χ4v) is 1.05. The molecule has 14 heavy (non-hydrogen) atoms. The number of rotatable bonds is 1. The van der Waals surface area contributed by atoms with E-state index in [2.05, 4.69) is 49.2 Å². The molecule has 0 aliphatic carbocycles. The molecule has 1 heterocycles. The van der Waals surface area contributed by atoms with E-state index in [4.69, 9.17) is 0 Å². The molecular formula is C12H18N2. The molecule has 2 nitrogen and oxygen atoms in total. The van der Waals surface area contributed by atoms with Crippen LogP contribution >= 0.6 is 0 Å². The van der Waals surface area contributed by atoms with Gasteiger partial charge in [-0.1, -0.05) is 38.8 Å². The van der Waals surface area contributed by atoms with Gasteiger partial charge in [-0.25, -0.2) is 0 Å². The van der Waals surface area contributed by atoms with Gasteiger partial charge < -0.3 is 0 Å². The molecular weight excluding hydrogens is 172 g/mol. The van der Waals surface area contributed by atoms with Crippen LogP contribution in [0.2, 0.25) is 0 Å². The number of unbranched alkanes of at least 4 members (excludes halogenated alkanes) is 1. The first-order valence-corrected chi connectivity index (χ1v) is 5.17. The van der Waals surface area contributed by atoms with Crippen molar-refractivity contribution in [3.8, 4) is 0 Å². The number of nitrogens with one attached hydrogen (secondary N) is 1. The van der Waals surface area contributed by atoms with Crippen LogP contribution < -0.4 is 0 Å². The second kappa shape index (κ2) is 5.43. The van der Waals surface area contributed by atoms with Crippen LogP contribution in [0.15, 0.2) is 24.4 Å². The number of aromatic nitrogens is 2. The number of benzene rings is 1. The normalized spacial score (nSPS) is 9.64. The molecule has 0 fully saturated rings. The van der Waals surface area contributed by atoms with Crippen molar-refractivity contribution in [3.63, 3.8) is 0 Å². The molecule has 0 amide bonds. The average molecular weight is 190 g/mol. The Morgan fingerprint density at radius 3 is 2.57 bits per heavy atom. The first-order valence-electron chi connectivity index (χ1n) is 5.17. The largest absolute Gasteiger partial charge is 0.278 e. The highest BCUT2D eigenvalue weighted by Gasteiger charge is 1.92. The summed E-state index contributed by atoms with van der Waals surface area (Å²) in [6, 6.07) is 6.23. The minimum Gasteiger partial charge on any atom is -0.278 e. The molecule has 2 rings (SSSR count). The van der Waals surface area contributed by atoms with Crippen molar-refractivity contribution in [2.75, 3.05) is 0 Å². The Morgan fingerprint density at radius 1 is 1.21 bits per heavy atom. The highest BCUT2D eigenvalue weighted by molar-refractivity contribution is 5.78. The van der Waals surface area contributed by atoms with Gasteiger partial charge in [0.05, 0.1) is 11.7 Å². The maximum absolute atomic E-state index is 3.92. The Kier molecular flexibility index (Phi) is 4.17.